The first kappa shape index (κ1) is 9.87. The van der Waals surface area contributed by atoms with Crippen LogP contribution in [0.1, 0.15) is 30.4 Å². The van der Waals surface area contributed by atoms with E-state index in [1.807, 2.05) is 6.92 Å². The number of likely N-dealkylation sites (tertiary alicyclic amines) is 1. The monoisotopic (exact) mass is 211 g/mol. The van der Waals surface area contributed by atoms with E-state index in [0.717, 1.165) is 24.5 Å². The Bertz CT molecular complexity index is 320. The van der Waals surface area contributed by atoms with Gasteiger partial charge in [-0.2, -0.15) is 0 Å². The molecule has 0 radical (unpaired) electrons. The van der Waals surface area contributed by atoms with Crippen LogP contribution in [-0.2, 0) is 0 Å². The largest absolute Gasteiger partial charge is 0.296 e. The van der Waals surface area contributed by atoms with E-state index in [0.29, 0.717) is 11.2 Å². The van der Waals surface area contributed by atoms with Crippen molar-refractivity contribution < 1.29 is 0 Å². The van der Waals surface area contributed by atoms with Crippen molar-refractivity contribution in [2.75, 3.05) is 13.6 Å². The summed E-state index contributed by atoms with van der Waals surface area (Å²) in [6, 6.07) is 2.15. The average Bonchev–Trinajstić information content (AvgIpc) is 2.49. The quantitative estimate of drug-likeness (QED) is 0.667. The van der Waals surface area contributed by atoms with Crippen molar-refractivity contribution in [3.63, 3.8) is 0 Å². The summed E-state index contributed by atoms with van der Waals surface area (Å²) in [5.41, 5.74) is 0.945. The third-order valence-corrected chi connectivity index (χ3v) is 2.85. The van der Waals surface area contributed by atoms with Gasteiger partial charge in [0.15, 0.2) is 0 Å². The second kappa shape index (κ2) is 3.83. The van der Waals surface area contributed by atoms with E-state index in [1.165, 1.54) is 6.42 Å². The van der Waals surface area contributed by atoms with E-state index in [4.69, 9.17) is 11.6 Å². The summed E-state index contributed by atoms with van der Waals surface area (Å²) in [4.78, 5) is 11.0. The van der Waals surface area contributed by atoms with Gasteiger partial charge in [-0.15, -0.1) is 0 Å². The van der Waals surface area contributed by atoms with E-state index >= 15 is 0 Å². The first-order chi connectivity index (χ1) is 6.66. The molecular formula is C10H14ClN3. The van der Waals surface area contributed by atoms with E-state index in [-0.39, 0.29) is 0 Å². The second-order valence-electron chi connectivity index (χ2n) is 3.83. The first-order valence-corrected chi connectivity index (χ1v) is 5.26. The number of rotatable bonds is 1. The molecule has 0 amide bonds. The van der Waals surface area contributed by atoms with Crippen molar-refractivity contribution in [2.45, 2.75) is 25.8 Å². The Balaban J connectivity index is 2.31. The highest BCUT2D eigenvalue weighted by molar-refractivity contribution is 6.29. The standard InChI is InChI=1S/C10H14ClN3/c1-7-6-9(11)13-10(12-7)8-4-3-5-14(8)2/h6,8H,3-5H2,1-2H3. The molecule has 4 heteroatoms. The van der Waals surface area contributed by atoms with Crippen LogP contribution in [0.4, 0.5) is 0 Å². The molecule has 0 saturated carbocycles. The van der Waals surface area contributed by atoms with Crippen LogP contribution in [0.25, 0.3) is 0 Å². The van der Waals surface area contributed by atoms with E-state index in [1.54, 1.807) is 6.07 Å². The molecular weight excluding hydrogens is 198 g/mol. The van der Waals surface area contributed by atoms with E-state index in [2.05, 4.69) is 21.9 Å². The molecule has 1 aliphatic heterocycles. The fraction of sp³-hybridized carbons (Fsp3) is 0.600. The Morgan fingerprint density at radius 2 is 2.29 bits per heavy atom. The smallest absolute Gasteiger partial charge is 0.147 e. The Morgan fingerprint density at radius 3 is 2.86 bits per heavy atom. The molecule has 0 bridgehead atoms. The van der Waals surface area contributed by atoms with Crippen molar-refractivity contribution in [1.82, 2.24) is 14.9 Å². The van der Waals surface area contributed by atoms with Crippen molar-refractivity contribution in [2.24, 2.45) is 0 Å². The van der Waals surface area contributed by atoms with Gasteiger partial charge in [-0.05, 0) is 39.4 Å². The third-order valence-electron chi connectivity index (χ3n) is 2.66. The SMILES string of the molecule is Cc1cc(Cl)nc(C2CCCN2C)n1. The van der Waals surface area contributed by atoms with Crippen LogP contribution in [0.15, 0.2) is 6.07 Å². The molecule has 1 aliphatic rings. The fourth-order valence-electron chi connectivity index (χ4n) is 1.94. The van der Waals surface area contributed by atoms with Crippen LogP contribution in [0.5, 0.6) is 0 Å². The first-order valence-electron chi connectivity index (χ1n) is 4.88. The van der Waals surface area contributed by atoms with Gasteiger partial charge in [0.25, 0.3) is 0 Å². The van der Waals surface area contributed by atoms with Gasteiger partial charge in [0.05, 0.1) is 6.04 Å². The van der Waals surface area contributed by atoms with Gasteiger partial charge in [-0.3, -0.25) is 4.90 Å². The van der Waals surface area contributed by atoms with E-state index < -0.39 is 0 Å². The Kier molecular flexibility index (Phi) is 2.70. The second-order valence-corrected chi connectivity index (χ2v) is 4.22. The molecule has 1 aromatic heterocycles. The molecule has 1 aromatic rings. The summed E-state index contributed by atoms with van der Waals surface area (Å²) in [5, 5.41) is 0.549. The maximum atomic E-state index is 5.91. The lowest BCUT2D eigenvalue weighted by atomic mass is 10.2. The van der Waals surface area contributed by atoms with Crippen LogP contribution >= 0.6 is 11.6 Å². The predicted molar refractivity (Wildman–Crippen MR) is 56.4 cm³/mol. The minimum Gasteiger partial charge on any atom is -0.296 e. The highest BCUT2D eigenvalue weighted by atomic mass is 35.5. The lowest BCUT2D eigenvalue weighted by Crippen LogP contribution is -2.19. The van der Waals surface area contributed by atoms with Crippen LogP contribution in [0.3, 0.4) is 0 Å². The minimum absolute atomic E-state index is 0.354. The van der Waals surface area contributed by atoms with Crippen molar-refractivity contribution in [3.8, 4) is 0 Å². The fourth-order valence-corrected chi connectivity index (χ4v) is 2.18. The maximum Gasteiger partial charge on any atom is 0.147 e. The van der Waals surface area contributed by atoms with Crippen LogP contribution < -0.4 is 0 Å². The predicted octanol–water partition coefficient (Wildman–Crippen LogP) is 2.21. The van der Waals surface area contributed by atoms with Gasteiger partial charge >= 0.3 is 0 Å². The average molecular weight is 212 g/mol. The summed E-state index contributed by atoms with van der Waals surface area (Å²) in [5.74, 6) is 0.870. The third kappa shape index (κ3) is 1.88. The summed E-state index contributed by atoms with van der Waals surface area (Å²) in [6.45, 7) is 3.07. The lowest BCUT2D eigenvalue weighted by Gasteiger charge is -2.17. The zero-order valence-corrected chi connectivity index (χ0v) is 9.25. The number of nitrogens with zero attached hydrogens (tertiary/aromatic N) is 3. The molecule has 0 N–H and O–H groups in total. The molecule has 2 rings (SSSR count). The lowest BCUT2D eigenvalue weighted by molar-refractivity contribution is 0.305. The molecule has 76 valence electrons. The van der Waals surface area contributed by atoms with Crippen LogP contribution in [-0.4, -0.2) is 28.5 Å². The Morgan fingerprint density at radius 1 is 1.50 bits per heavy atom. The molecule has 14 heavy (non-hydrogen) atoms. The summed E-state index contributed by atoms with van der Waals surface area (Å²) in [7, 11) is 2.11. The van der Waals surface area contributed by atoms with Crippen molar-refractivity contribution in [3.05, 3.63) is 22.7 Å². The van der Waals surface area contributed by atoms with Gasteiger partial charge in [-0.25, -0.2) is 9.97 Å². The van der Waals surface area contributed by atoms with Gasteiger partial charge in [0.2, 0.25) is 0 Å². The van der Waals surface area contributed by atoms with Crippen LogP contribution in [0, 0.1) is 6.92 Å². The van der Waals surface area contributed by atoms with E-state index in [9.17, 15) is 0 Å². The molecule has 1 fully saturated rings. The summed E-state index contributed by atoms with van der Waals surface area (Å²) >= 11 is 5.91. The normalized spacial score (nSPS) is 22.9. The molecule has 1 atom stereocenters. The summed E-state index contributed by atoms with van der Waals surface area (Å²) in [6.07, 6.45) is 2.35. The highest BCUT2D eigenvalue weighted by Gasteiger charge is 2.25. The molecule has 1 saturated heterocycles. The van der Waals surface area contributed by atoms with Crippen LogP contribution in [0.2, 0.25) is 5.15 Å². The molecule has 0 spiro atoms. The highest BCUT2D eigenvalue weighted by Crippen LogP contribution is 2.28. The minimum atomic E-state index is 0.354. The number of aromatic nitrogens is 2. The van der Waals surface area contributed by atoms with Crippen molar-refractivity contribution in [1.29, 1.82) is 0 Å². The summed E-state index contributed by atoms with van der Waals surface area (Å²) < 4.78 is 0. The number of hydrogen-bond donors (Lipinski definition) is 0. The Labute approximate surface area is 89.1 Å². The number of halogens is 1. The molecule has 0 aliphatic carbocycles. The molecule has 0 aromatic carbocycles. The zero-order valence-electron chi connectivity index (χ0n) is 8.50. The van der Waals surface area contributed by atoms with Crippen molar-refractivity contribution >= 4 is 11.6 Å². The Hall–Kier alpha value is -0.670. The molecule has 1 unspecified atom stereocenters. The van der Waals surface area contributed by atoms with Gasteiger partial charge in [0, 0.05) is 5.69 Å². The maximum absolute atomic E-state index is 5.91. The van der Waals surface area contributed by atoms with Gasteiger partial charge in [-0.1, -0.05) is 11.6 Å². The topological polar surface area (TPSA) is 29.0 Å². The zero-order chi connectivity index (χ0) is 10.1. The number of hydrogen-bond acceptors (Lipinski definition) is 3. The molecule has 2 heterocycles. The number of aryl methyl sites for hydroxylation is 1. The van der Waals surface area contributed by atoms with Gasteiger partial charge in [0.1, 0.15) is 11.0 Å². The van der Waals surface area contributed by atoms with Gasteiger partial charge < -0.3 is 0 Å². The molecule has 3 nitrogen and oxygen atoms in total.